The standard InChI is InChI=1S/C71H139NO3/c1-3-5-7-9-11-13-15-17-19-21-23-25-27-29-31-33-35-36-37-39-41-43-45-47-49-51-53-55-57-59-61-63-65-67-71(75)72-69(68-73)70(74)66-64-62-60-58-56-54-52-50-48-46-44-42-40-38-34-32-30-28-26-24-22-20-18-16-14-12-10-8-6-4-2/h56,58,64,66,69-70,73-74H,3-55,57,59-63,65,67-68H2,1-2H3,(H,72,75)/b58-56+,66-64+. The lowest BCUT2D eigenvalue weighted by atomic mass is 10.0. The van der Waals surface area contributed by atoms with E-state index in [-0.39, 0.29) is 12.5 Å². The van der Waals surface area contributed by atoms with Crippen LogP contribution in [0.3, 0.4) is 0 Å². The molecule has 2 atom stereocenters. The number of hydrogen-bond donors (Lipinski definition) is 3. The minimum Gasteiger partial charge on any atom is -0.394 e. The van der Waals surface area contributed by atoms with E-state index < -0.39 is 12.1 Å². The van der Waals surface area contributed by atoms with Crippen molar-refractivity contribution in [2.45, 2.75) is 418 Å². The van der Waals surface area contributed by atoms with Gasteiger partial charge in [0.1, 0.15) is 0 Å². The van der Waals surface area contributed by atoms with Gasteiger partial charge in [-0.1, -0.05) is 391 Å². The average molecular weight is 1050 g/mol. The van der Waals surface area contributed by atoms with Crippen LogP contribution in [0.25, 0.3) is 0 Å². The Kier molecular flexibility index (Phi) is 66.1. The van der Waals surface area contributed by atoms with Crippen molar-refractivity contribution in [2.75, 3.05) is 6.61 Å². The van der Waals surface area contributed by atoms with Crippen molar-refractivity contribution >= 4 is 5.91 Å². The molecular formula is C71H139NO3. The summed E-state index contributed by atoms with van der Waals surface area (Å²) >= 11 is 0. The van der Waals surface area contributed by atoms with Gasteiger partial charge in [0.15, 0.2) is 0 Å². The largest absolute Gasteiger partial charge is 0.394 e. The van der Waals surface area contributed by atoms with Crippen molar-refractivity contribution in [3.05, 3.63) is 24.3 Å². The summed E-state index contributed by atoms with van der Waals surface area (Å²) in [6.45, 7) is 4.35. The van der Waals surface area contributed by atoms with Crippen LogP contribution in [0.15, 0.2) is 24.3 Å². The Bertz CT molecular complexity index is 1100. The number of aliphatic hydroxyl groups is 2. The van der Waals surface area contributed by atoms with E-state index in [2.05, 4.69) is 31.3 Å². The molecule has 0 aromatic heterocycles. The molecule has 446 valence electrons. The molecule has 1 amide bonds. The molecule has 0 aromatic carbocycles. The van der Waals surface area contributed by atoms with Gasteiger partial charge in [-0.2, -0.15) is 0 Å². The third kappa shape index (κ3) is 63.6. The second-order valence-electron chi connectivity index (χ2n) is 24.3. The van der Waals surface area contributed by atoms with Gasteiger partial charge in [0.2, 0.25) is 5.91 Å². The van der Waals surface area contributed by atoms with Crippen LogP contribution >= 0.6 is 0 Å². The van der Waals surface area contributed by atoms with Crippen molar-refractivity contribution in [2.24, 2.45) is 0 Å². The Labute approximate surface area is 472 Å². The zero-order valence-corrected chi connectivity index (χ0v) is 51.6. The van der Waals surface area contributed by atoms with Crippen molar-refractivity contribution in [1.82, 2.24) is 5.32 Å². The molecule has 0 bridgehead atoms. The van der Waals surface area contributed by atoms with Crippen LogP contribution in [0, 0.1) is 0 Å². The third-order valence-corrected chi connectivity index (χ3v) is 16.7. The second-order valence-corrected chi connectivity index (χ2v) is 24.3. The van der Waals surface area contributed by atoms with Crippen LogP contribution in [0.2, 0.25) is 0 Å². The molecule has 0 radical (unpaired) electrons. The van der Waals surface area contributed by atoms with Crippen molar-refractivity contribution in [1.29, 1.82) is 0 Å². The fraction of sp³-hybridized carbons (Fsp3) is 0.930. The first-order chi connectivity index (χ1) is 37.2. The van der Waals surface area contributed by atoms with E-state index >= 15 is 0 Å². The molecule has 0 aliphatic heterocycles. The van der Waals surface area contributed by atoms with Crippen molar-refractivity contribution in [3.63, 3.8) is 0 Å². The first-order valence-electron chi connectivity index (χ1n) is 35.1. The van der Waals surface area contributed by atoms with E-state index in [0.29, 0.717) is 6.42 Å². The van der Waals surface area contributed by atoms with E-state index in [1.54, 1.807) is 6.08 Å². The first-order valence-corrected chi connectivity index (χ1v) is 35.1. The molecule has 0 rings (SSSR count). The topological polar surface area (TPSA) is 69.6 Å². The normalized spacial score (nSPS) is 12.7. The fourth-order valence-electron chi connectivity index (χ4n) is 11.4. The van der Waals surface area contributed by atoms with Crippen LogP contribution in [0.1, 0.15) is 406 Å². The van der Waals surface area contributed by atoms with E-state index in [1.165, 1.54) is 353 Å². The molecule has 0 aliphatic carbocycles. The van der Waals surface area contributed by atoms with Gasteiger partial charge in [-0.25, -0.2) is 0 Å². The predicted molar refractivity (Wildman–Crippen MR) is 336 cm³/mol. The van der Waals surface area contributed by atoms with Crippen molar-refractivity contribution in [3.8, 4) is 0 Å². The van der Waals surface area contributed by atoms with Crippen LogP contribution in [0.5, 0.6) is 0 Å². The minimum absolute atomic E-state index is 0.0640. The number of allylic oxidation sites excluding steroid dienone is 3. The molecule has 2 unspecified atom stereocenters. The van der Waals surface area contributed by atoms with E-state index in [0.717, 1.165) is 32.1 Å². The summed E-state index contributed by atoms with van der Waals surface area (Å²) in [6, 6.07) is -0.638. The number of rotatable bonds is 66. The Morgan fingerprint density at radius 3 is 0.773 bits per heavy atom. The second kappa shape index (κ2) is 67.1. The maximum atomic E-state index is 12.5. The molecule has 4 nitrogen and oxygen atoms in total. The average Bonchev–Trinajstić information content (AvgIpc) is 3.41. The fourth-order valence-corrected chi connectivity index (χ4v) is 11.4. The van der Waals surface area contributed by atoms with Gasteiger partial charge in [0.05, 0.1) is 18.8 Å². The highest BCUT2D eigenvalue weighted by Crippen LogP contribution is 2.19. The smallest absolute Gasteiger partial charge is 0.220 e. The lowest BCUT2D eigenvalue weighted by Gasteiger charge is -2.19. The van der Waals surface area contributed by atoms with Crippen LogP contribution in [-0.2, 0) is 4.79 Å². The SMILES string of the molecule is CCCCCCCCCCCCCCCCCCCCCCCCCC/C=C/CC/C=C/C(O)C(CO)NC(=O)CCCCCCCCCCCCCCCCCCCCCCCCCCCCCCCCCCC. The number of nitrogens with one attached hydrogen (secondary N) is 1. The molecule has 0 heterocycles. The third-order valence-electron chi connectivity index (χ3n) is 16.7. The molecule has 0 saturated carbocycles. The summed E-state index contributed by atoms with van der Waals surface area (Å²) in [5.74, 6) is -0.0640. The van der Waals surface area contributed by atoms with Gasteiger partial charge in [-0.3, -0.25) is 4.79 Å². The number of amides is 1. The summed E-state index contributed by atoms with van der Waals surface area (Å²) in [7, 11) is 0. The summed E-state index contributed by atoms with van der Waals surface area (Å²) in [6.07, 6.45) is 91.4. The predicted octanol–water partition coefficient (Wildman–Crippen LogP) is 23.8. The molecule has 3 N–H and O–H groups in total. The Morgan fingerprint density at radius 2 is 0.520 bits per heavy atom. The molecular weight excluding hydrogens is 915 g/mol. The van der Waals surface area contributed by atoms with Crippen LogP contribution < -0.4 is 5.32 Å². The van der Waals surface area contributed by atoms with Crippen LogP contribution in [0.4, 0.5) is 0 Å². The Balaban J connectivity index is 3.42. The monoisotopic (exact) mass is 1050 g/mol. The quantitative estimate of drug-likeness (QED) is 0.0420. The molecule has 0 aliphatic rings. The molecule has 4 heteroatoms. The number of aliphatic hydroxyl groups excluding tert-OH is 2. The van der Waals surface area contributed by atoms with Gasteiger partial charge in [-0.15, -0.1) is 0 Å². The van der Waals surface area contributed by atoms with E-state index in [4.69, 9.17) is 0 Å². The number of hydrogen-bond acceptors (Lipinski definition) is 3. The van der Waals surface area contributed by atoms with Gasteiger partial charge in [0, 0.05) is 6.42 Å². The Hall–Kier alpha value is -1.13. The lowest BCUT2D eigenvalue weighted by molar-refractivity contribution is -0.123. The molecule has 0 spiro atoms. The minimum atomic E-state index is -0.861. The molecule has 0 fully saturated rings. The first kappa shape index (κ1) is 73.9. The number of carbonyl (C=O) groups is 1. The molecule has 0 saturated heterocycles. The maximum absolute atomic E-state index is 12.5. The summed E-state index contributed by atoms with van der Waals surface area (Å²) < 4.78 is 0. The van der Waals surface area contributed by atoms with Gasteiger partial charge >= 0.3 is 0 Å². The zero-order chi connectivity index (χ0) is 54.1. The Morgan fingerprint density at radius 1 is 0.307 bits per heavy atom. The van der Waals surface area contributed by atoms with Crippen molar-refractivity contribution < 1.29 is 15.0 Å². The van der Waals surface area contributed by atoms with E-state index in [9.17, 15) is 15.0 Å². The van der Waals surface area contributed by atoms with Gasteiger partial charge in [0.25, 0.3) is 0 Å². The summed E-state index contributed by atoms with van der Waals surface area (Å²) in [5, 5.41) is 23.3. The highest BCUT2D eigenvalue weighted by molar-refractivity contribution is 5.76. The van der Waals surface area contributed by atoms with Crippen LogP contribution in [-0.4, -0.2) is 34.9 Å². The molecule has 75 heavy (non-hydrogen) atoms. The highest BCUT2D eigenvalue weighted by atomic mass is 16.3. The van der Waals surface area contributed by atoms with E-state index in [1.807, 2.05) is 6.08 Å². The lowest BCUT2D eigenvalue weighted by Crippen LogP contribution is -2.45. The maximum Gasteiger partial charge on any atom is 0.220 e. The van der Waals surface area contributed by atoms with Gasteiger partial charge in [-0.05, 0) is 32.1 Å². The summed E-state index contributed by atoms with van der Waals surface area (Å²) in [5.41, 5.74) is 0. The molecule has 0 aromatic rings. The summed E-state index contributed by atoms with van der Waals surface area (Å²) in [4.78, 5) is 12.5. The number of unbranched alkanes of at least 4 members (excludes halogenated alkanes) is 57. The van der Waals surface area contributed by atoms with Gasteiger partial charge < -0.3 is 15.5 Å². The highest BCUT2D eigenvalue weighted by Gasteiger charge is 2.18. The zero-order valence-electron chi connectivity index (χ0n) is 51.6. The number of carbonyl (C=O) groups excluding carboxylic acids is 1.